The molecule has 0 aromatic carbocycles. The summed E-state index contributed by atoms with van der Waals surface area (Å²) in [7, 11) is 2.07. The molecule has 0 aromatic rings. The molecule has 14 heavy (non-hydrogen) atoms. The molecular weight excluding hydrogens is 176 g/mol. The second kappa shape index (κ2) is 4.10. The van der Waals surface area contributed by atoms with E-state index in [9.17, 15) is 4.79 Å². The highest BCUT2D eigenvalue weighted by Gasteiger charge is 2.34. The van der Waals surface area contributed by atoms with E-state index in [0.29, 0.717) is 0 Å². The molecule has 0 atom stereocenters. The van der Waals surface area contributed by atoms with Crippen molar-refractivity contribution < 1.29 is 4.79 Å². The normalized spacial score (nSPS) is 20.4. The van der Waals surface area contributed by atoms with Gasteiger partial charge >= 0.3 is 0 Å². The van der Waals surface area contributed by atoms with E-state index >= 15 is 0 Å². The summed E-state index contributed by atoms with van der Waals surface area (Å²) in [6, 6.07) is 2.09. The topological polar surface area (TPSA) is 44.1 Å². The number of carbonyl (C=O) groups is 1. The van der Waals surface area contributed by atoms with Crippen molar-refractivity contribution in [1.29, 1.82) is 5.26 Å². The van der Waals surface area contributed by atoms with Gasteiger partial charge in [-0.2, -0.15) is 5.26 Å². The molecule has 0 aliphatic carbocycles. The minimum Gasteiger partial charge on any atom is -0.306 e. The number of Topliss-reactive ketones (excluding diaryl/α,β-unsaturated/α-hetero) is 1. The maximum Gasteiger partial charge on any atom is 0.155 e. The van der Waals surface area contributed by atoms with Gasteiger partial charge in [0, 0.05) is 5.92 Å². The van der Waals surface area contributed by atoms with Gasteiger partial charge in [0.05, 0.1) is 6.07 Å². The molecule has 0 spiro atoms. The van der Waals surface area contributed by atoms with Crippen molar-refractivity contribution in [2.75, 3.05) is 20.1 Å². The SMILES string of the molecule is CN1CCC(C(=O)C(C)(C)C#N)CC1. The average molecular weight is 194 g/mol. The van der Waals surface area contributed by atoms with Gasteiger partial charge in [0.1, 0.15) is 5.41 Å². The maximum atomic E-state index is 11.9. The van der Waals surface area contributed by atoms with Crippen LogP contribution < -0.4 is 0 Å². The van der Waals surface area contributed by atoms with Gasteiger partial charge in [-0.15, -0.1) is 0 Å². The molecule has 0 N–H and O–H groups in total. The predicted molar refractivity (Wildman–Crippen MR) is 54.6 cm³/mol. The van der Waals surface area contributed by atoms with E-state index in [1.54, 1.807) is 13.8 Å². The first-order valence-corrected chi connectivity index (χ1v) is 5.11. The number of ketones is 1. The van der Waals surface area contributed by atoms with E-state index in [4.69, 9.17) is 5.26 Å². The first kappa shape index (κ1) is 11.2. The van der Waals surface area contributed by atoms with Crippen LogP contribution in [0, 0.1) is 22.7 Å². The summed E-state index contributed by atoms with van der Waals surface area (Å²) in [5.74, 6) is 0.217. The van der Waals surface area contributed by atoms with Crippen LogP contribution in [0.4, 0.5) is 0 Å². The lowest BCUT2D eigenvalue weighted by molar-refractivity contribution is -0.130. The lowest BCUT2D eigenvalue weighted by atomic mass is 9.78. The predicted octanol–water partition coefficient (Wildman–Crippen LogP) is 1.45. The molecule has 0 saturated carbocycles. The molecule has 1 fully saturated rings. The third-order valence-electron chi connectivity index (χ3n) is 2.98. The smallest absolute Gasteiger partial charge is 0.155 e. The molecule has 1 rings (SSSR count). The van der Waals surface area contributed by atoms with Crippen molar-refractivity contribution in [3.63, 3.8) is 0 Å². The summed E-state index contributed by atoms with van der Waals surface area (Å²) in [4.78, 5) is 14.1. The Bertz CT molecular complexity index is 257. The van der Waals surface area contributed by atoms with E-state index in [1.165, 1.54) is 0 Å². The molecule has 0 aromatic heterocycles. The summed E-state index contributed by atoms with van der Waals surface area (Å²) in [5.41, 5.74) is -0.805. The molecule has 0 unspecified atom stereocenters. The van der Waals surface area contributed by atoms with E-state index in [2.05, 4.69) is 18.0 Å². The number of piperidine rings is 1. The van der Waals surface area contributed by atoms with Crippen molar-refractivity contribution in [3.05, 3.63) is 0 Å². The molecule has 3 nitrogen and oxygen atoms in total. The van der Waals surface area contributed by atoms with Crippen LogP contribution in [-0.2, 0) is 4.79 Å². The van der Waals surface area contributed by atoms with Gasteiger partial charge in [0.25, 0.3) is 0 Å². The highest BCUT2D eigenvalue weighted by Crippen LogP contribution is 2.26. The Labute approximate surface area is 85.7 Å². The third-order valence-corrected chi connectivity index (χ3v) is 2.98. The van der Waals surface area contributed by atoms with Gasteiger partial charge in [0.2, 0.25) is 0 Å². The Morgan fingerprint density at radius 1 is 1.43 bits per heavy atom. The molecule has 0 radical (unpaired) electrons. The fourth-order valence-electron chi connectivity index (χ4n) is 1.84. The fourth-order valence-corrected chi connectivity index (χ4v) is 1.84. The van der Waals surface area contributed by atoms with Crippen LogP contribution in [0.3, 0.4) is 0 Å². The summed E-state index contributed by atoms with van der Waals surface area (Å²) in [6.07, 6.45) is 1.81. The van der Waals surface area contributed by atoms with Crippen LogP contribution in [0.2, 0.25) is 0 Å². The lowest BCUT2D eigenvalue weighted by Crippen LogP contribution is -2.38. The molecule has 1 aliphatic rings. The summed E-state index contributed by atoms with van der Waals surface area (Å²) in [5, 5.41) is 8.87. The zero-order valence-electron chi connectivity index (χ0n) is 9.21. The Morgan fingerprint density at radius 2 is 1.93 bits per heavy atom. The van der Waals surface area contributed by atoms with Crippen LogP contribution >= 0.6 is 0 Å². The Kier molecular flexibility index (Phi) is 3.28. The number of carbonyl (C=O) groups excluding carboxylic acids is 1. The van der Waals surface area contributed by atoms with Gasteiger partial charge in [-0.1, -0.05) is 0 Å². The van der Waals surface area contributed by atoms with Crippen molar-refractivity contribution in [3.8, 4) is 6.07 Å². The fraction of sp³-hybridized carbons (Fsp3) is 0.818. The number of rotatable bonds is 2. The average Bonchev–Trinajstić information content (AvgIpc) is 2.18. The lowest BCUT2D eigenvalue weighted by Gasteiger charge is -2.30. The number of likely N-dealkylation sites (tertiary alicyclic amines) is 1. The Morgan fingerprint density at radius 3 is 2.36 bits per heavy atom. The van der Waals surface area contributed by atoms with E-state index in [0.717, 1.165) is 25.9 Å². The first-order valence-electron chi connectivity index (χ1n) is 5.11. The molecule has 3 heteroatoms. The molecule has 78 valence electrons. The van der Waals surface area contributed by atoms with Crippen molar-refractivity contribution in [2.45, 2.75) is 26.7 Å². The highest BCUT2D eigenvalue weighted by atomic mass is 16.1. The molecule has 1 aliphatic heterocycles. The monoisotopic (exact) mass is 194 g/mol. The van der Waals surface area contributed by atoms with Crippen LogP contribution in [0.5, 0.6) is 0 Å². The van der Waals surface area contributed by atoms with Gasteiger partial charge < -0.3 is 4.90 Å². The van der Waals surface area contributed by atoms with Crippen LogP contribution in [0.25, 0.3) is 0 Å². The van der Waals surface area contributed by atoms with Gasteiger partial charge in [-0.25, -0.2) is 0 Å². The van der Waals surface area contributed by atoms with Gasteiger partial charge in [-0.3, -0.25) is 4.79 Å². The first-order chi connectivity index (χ1) is 6.47. The second-order valence-corrected chi connectivity index (χ2v) is 4.68. The summed E-state index contributed by atoms with van der Waals surface area (Å²) >= 11 is 0. The Balaban J connectivity index is 2.59. The summed E-state index contributed by atoms with van der Waals surface area (Å²) < 4.78 is 0. The maximum absolute atomic E-state index is 11.9. The van der Waals surface area contributed by atoms with Crippen molar-refractivity contribution in [2.24, 2.45) is 11.3 Å². The van der Waals surface area contributed by atoms with E-state index < -0.39 is 5.41 Å². The van der Waals surface area contributed by atoms with Crippen LogP contribution in [-0.4, -0.2) is 30.8 Å². The second-order valence-electron chi connectivity index (χ2n) is 4.68. The van der Waals surface area contributed by atoms with E-state index in [1.807, 2.05) is 0 Å². The zero-order valence-corrected chi connectivity index (χ0v) is 9.21. The van der Waals surface area contributed by atoms with E-state index in [-0.39, 0.29) is 11.7 Å². The quantitative estimate of drug-likeness (QED) is 0.668. The third kappa shape index (κ3) is 2.33. The highest BCUT2D eigenvalue weighted by molar-refractivity contribution is 5.88. The number of hydrogen-bond donors (Lipinski definition) is 0. The Hall–Kier alpha value is -0.880. The number of nitrogens with zero attached hydrogens (tertiary/aromatic N) is 2. The van der Waals surface area contributed by atoms with Crippen LogP contribution in [0.15, 0.2) is 0 Å². The van der Waals surface area contributed by atoms with Crippen molar-refractivity contribution >= 4 is 5.78 Å². The van der Waals surface area contributed by atoms with Crippen molar-refractivity contribution in [1.82, 2.24) is 4.90 Å². The van der Waals surface area contributed by atoms with Gasteiger partial charge in [0.15, 0.2) is 5.78 Å². The molecule has 0 bridgehead atoms. The zero-order chi connectivity index (χ0) is 10.8. The molecule has 1 saturated heterocycles. The molecule has 1 heterocycles. The standard InChI is InChI=1S/C11H18N2O/c1-11(2,8-12)10(14)9-4-6-13(3)7-5-9/h9H,4-7H2,1-3H3. The molecular formula is C11H18N2O. The van der Waals surface area contributed by atoms with Crippen LogP contribution in [0.1, 0.15) is 26.7 Å². The minimum absolute atomic E-state index is 0.0980. The minimum atomic E-state index is -0.805. The molecule has 0 amide bonds. The van der Waals surface area contributed by atoms with Gasteiger partial charge in [-0.05, 0) is 46.8 Å². The summed E-state index contributed by atoms with van der Waals surface area (Å²) in [6.45, 7) is 5.37. The number of nitriles is 1. The number of hydrogen-bond acceptors (Lipinski definition) is 3. The largest absolute Gasteiger partial charge is 0.306 e.